The van der Waals surface area contributed by atoms with Crippen molar-refractivity contribution in [3.05, 3.63) is 64.2 Å². The van der Waals surface area contributed by atoms with E-state index in [1.807, 2.05) is 0 Å². The number of hydrogen-bond acceptors (Lipinski definition) is 3. The van der Waals surface area contributed by atoms with Gasteiger partial charge in [0.1, 0.15) is 11.4 Å². The number of carbonyl (C=O) groups is 2. The van der Waals surface area contributed by atoms with E-state index in [0.29, 0.717) is 29.9 Å². The molecule has 0 radical (unpaired) electrons. The molecule has 2 fully saturated rings. The molecule has 1 aliphatic carbocycles. The summed E-state index contributed by atoms with van der Waals surface area (Å²) in [7, 11) is 1.42. The standard InChI is InChI=1S/C21H16ClFN4O2S/c1-24-12-4-7-17(15(22)10-12)26-19(29)21(8-3-9-21)27(20(26)30)13-5-6-14(16(23)11-13)18(28)25-2/h4-7,10-11H,3,8-9H2,2H3,(H,25,28). The van der Waals surface area contributed by atoms with Gasteiger partial charge in [-0.3, -0.25) is 14.5 Å². The second kappa shape index (κ2) is 7.35. The van der Waals surface area contributed by atoms with E-state index < -0.39 is 17.3 Å². The fraction of sp³-hybridized carbons (Fsp3) is 0.238. The number of thiocarbonyl (C=S) groups is 1. The van der Waals surface area contributed by atoms with Gasteiger partial charge in [0.25, 0.3) is 11.8 Å². The van der Waals surface area contributed by atoms with Crippen LogP contribution < -0.4 is 15.1 Å². The minimum atomic E-state index is -0.903. The van der Waals surface area contributed by atoms with Crippen molar-refractivity contribution >= 4 is 57.8 Å². The molecule has 152 valence electrons. The van der Waals surface area contributed by atoms with Gasteiger partial charge in [-0.05, 0) is 61.8 Å². The van der Waals surface area contributed by atoms with Crippen LogP contribution in [0.5, 0.6) is 0 Å². The Morgan fingerprint density at radius 2 is 2.03 bits per heavy atom. The van der Waals surface area contributed by atoms with Gasteiger partial charge in [-0.25, -0.2) is 9.24 Å². The second-order valence-corrected chi connectivity index (χ2v) is 7.91. The Morgan fingerprint density at radius 1 is 1.30 bits per heavy atom. The van der Waals surface area contributed by atoms with Crippen molar-refractivity contribution in [2.45, 2.75) is 24.8 Å². The number of hydrogen-bond donors (Lipinski definition) is 1. The largest absolute Gasteiger partial charge is 0.355 e. The van der Waals surface area contributed by atoms with E-state index in [9.17, 15) is 14.0 Å². The number of benzene rings is 2. The number of carbonyl (C=O) groups excluding carboxylic acids is 2. The number of nitrogens with zero attached hydrogens (tertiary/aromatic N) is 3. The van der Waals surface area contributed by atoms with Gasteiger partial charge in [0, 0.05) is 12.7 Å². The van der Waals surface area contributed by atoms with Crippen LogP contribution >= 0.6 is 23.8 Å². The zero-order chi connectivity index (χ0) is 21.6. The summed E-state index contributed by atoms with van der Waals surface area (Å²) in [6.45, 7) is 7.12. The quantitative estimate of drug-likeness (QED) is 0.563. The van der Waals surface area contributed by atoms with Crippen LogP contribution in [0.25, 0.3) is 4.85 Å². The van der Waals surface area contributed by atoms with Crippen LogP contribution in [0.1, 0.15) is 29.6 Å². The van der Waals surface area contributed by atoms with E-state index in [1.165, 1.54) is 30.1 Å². The first-order valence-electron chi connectivity index (χ1n) is 9.21. The molecular formula is C21H16ClFN4O2S. The molecule has 2 aliphatic rings. The molecule has 0 bridgehead atoms. The third-order valence-corrected chi connectivity index (χ3v) is 6.24. The summed E-state index contributed by atoms with van der Waals surface area (Å²) in [4.78, 5) is 31.6. The summed E-state index contributed by atoms with van der Waals surface area (Å²) in [6, 6.07) is 8.82. The van der Waals surface area contributed by atoms with Gasteiger partial charge in [-0.15, -0.1) is 0 Å². The van der Waals surface area contributed by atoms with Gasteiger partial charge in [0.2, 0.25) is 0 Å². The summed E-state index contributed by atoms with van der Waals surface area (Å²) in [5, 5.41) is 2.81. The smallest absolute Gasteiger partial charge is 0.259 e. The number of anilines is 2. The Balaban J connectivity index is 1.79. The van der Waals surface area contributed by atoms with Crippen molar-refractivity contribution in [2.75, 3.05) is 16.8 Å². The molecule has 0 atom stereocenters. The minimum Gasteiger partial charge on any atom is -0.355 e. The maximum absolute atomic E-state index is 14.6. The van der Waals surface area contributed by atoms with Gasteiger partial charge in [-0.2, -0.15) is 0 Å². The molecule has 9 heteroatoms. The lowest BCUT2D eigenvalue weighted by atomic mass is 9.75. The first kappa shape index (κ1) is 20.3. The van der Waals surface area contributed by atoms with Crippen molar-refractivity contribution < 1.29 is 14.0 Å². The highest BCUT2D eigenvalue weighted by molar-refractivity contribution is 7.81. The van der Waals surface area contributed by atoms with Crippen LogP contribution in [0.2, 0.25) is 5.02 Å². The summed E-state index contributed by atoms with van der Waals surface area (Å²) in [5.41, 5.74) is 0.142. The Hall–Kier alpha value is -3.02. The van der Waals surface area contributed by atoms with Crippen molar-refractivity contribution in [3.63, 3.8) is 0 Å². The van der Waals surface area contributed by atoms with Crippen molar-refractivity contribution in [3.8, 4) is 0 Å². The number of nitrogens with one attached hydrogen (secondary N) is 1. The molecule has 30 heavy (non-hydrogen) atoms. The number of amides is 2. The highest BCUT2D eigenvalue weighted by Crippen LogP contribution is 2.49. The Kier molecular flexibility index (Phi) is 4.96. The summed E-state index contributed by atoms with van der Waals surface area (Å²) < 4.78 is 14.6. The molecular weight excluding hydrogens is 427 g/mol. The van der Waals surface area contributed by atoms with E-state index in [2.05, 4.69) is 10.2 Å². The highest BCUT2D eigenvalue weighted by Gasteiger charge is 2.59. The first-order chi connectivity index (χ1) is 14.3. The van der Waals surface area contributed by atoms with Crippen molar-refractivity contribution in [2.24, 2.45) is 0 Å². The minimum absolute atomic E-state index is 0.0880. The lowest BCUT2D eigenvalue weighted by Gasteiger charge is -2.43. The van der Waals surface area contributed by atoms with Crippen LogP contribution in [0.4, 0.5) is 21.5 Å². The van der Waals surface area contributed by atoms with Gasteiger partial charge >= 0.3 is 0 Å². The Labute approximate surface area is 183 Å². The second-order valence-electron chi connectivity index (χ2n) is 7.13. The molecule has 2 aromatic rings. The Morgan fingerprint density at radius 3 is 2.57 bits per heavy atom. The van der Waals surface area contributed by atoms with E-state index in [1.54, 1.807) is 23.1 Å². The van der Waals surface area contributed by atoms with E-state index in [0.717, 1.165) is 6.42 Å². The van der Waals surface area contributed by atoms with Crippen molar-refractivity contribution in [1.82, 2.24) is 5.32 Å². The van der Waals surface area contributed by atoms with E-state index in [4.69, 9.17) is 30.4 Å². The SMILES string of the molecule is [C-]#[N+]c1ccc(N2C(=O)C3(CCC3)N(c3ccc(C(=O)NC)c(F)c3)C2=S)c(Cl)c1. The average molecular weight is 443 g/mol. The van der Waals surface area contributed by atoms with Crippen LogP contribution in [0, 0.1) is 12.4 Å². The maximum Gasteiger partial charge on any atom is 0.259 e. The number of rotatable bonds is 3. The molecule has 2 aromatic carbocycles. The molecule has 1 saturated heterocycles. The molecule has 0 unspecified atom stereocenters. The summed E-state index contributed by atoms with van der Waals surface area (Å²) in [6.07, 6.45) is 1.97. The fourth-order valence-corrected chi connectivity index (χ4v) is 4.62. The van der Waals surface area contributed by atoms with Crippen molar-refractivity contribution in [1.29, 1.82) is 0 Å². The molecule has 1 spiro atoms. The summed E-state index contributed by atoms with van der Waals surface area (Å²) >= 11 is 12.0. The first-order valence-corrected chi connectivity index (χ1v) is 10.00. The predicted molar refractivity (Wildman–Crippen MR) is 117 cm³/mol. The highest BCUT2D eigenvalue weighted by atomic mass is 35.5. The van der Waals surface area contributed by atoms with E-state index in [-0.39, 0.29) is 21.6 Å². The molecule has 1 heterocycles. The van der Waals surface area contributed by atoms with Crippen LogP contribution in [-0.4, -0.2) is 29.5 Å². The van der Waals surface area contributed by atoms with Gasteiger partial charge in [-0.1, -0.05) is 17.7 Å². The van der Waals surface area contributed by atoms with Crippen LogP contribution in [0.3, 0.4) is 0 Å². The van der Waals surface area contributed by atoms with Gasteiger partial charge < -0.3 is 10.2 Å². The zero-order valence-electron chi connectivity index (χ0n) is 15.9. The van der Waals surface area contributed by atoms with Gasteiger partial charge in [0.15, 0.2) is 10.8 Å². The summed E-state index contributed by atoms with van der Waals surface area (Å²) in [5.74, 6) is -1.47. The third-order valence-electron chi connectivity index (χ3n) is 5.58. The molecule has 6 nitrogen and oxygen atoms in total. The normalized spacial score (nSPS) is 17.1. The molecule has 1 saturated carbocycles. The predicted octanol–water partition coefficient (Wildman–Crippen LogP) is 4.45. The monoisotopic (exact) mass is 442 g/mol. The third kappa shape index (κ3) is 2.85. The maximum atomic E-state index is 14.6. The lowest BCUT2D eigenvalue weighted by molar-refractivity contribution is -0.123. The Bertz CT molecular complexity index is 1140. The topological polar surface area (TPSA) is 57.0 Å². The molecule has 4 rings (SSSR count). The molecule has 0 aromatic heterocycles. The van der Waals surface area contributed by atoms with E-state index >= 15 is 0 Å². The lowest BCUT2D eigenvalue weighted by Crippen LogP contribution is -2.55. The molecule has 2 amide bonds. The molecule has 1 N–H and O–H groups in total. The average Bonchev–Trinajstić information content (AvgIpc) is 2.94. The fourth-order valence-electron chi connectivity index (χ4n) is 3.90. The molecule has 1 aliphatic heterocycles. The van der Waals surface area contributed by atoms with Crippen LogP contribution in [-0.2, 0) is 4.79 Å². The zero-order valence-corrected chi connectivity index (χ0v) is 17.5. The van der Waals surface area contributed by atoms with Gasteiger partial charge in [0.05, 0.1) is 22.8 Å². The van der Waals surface area contributed by atoms with Crippen LogP contribution in [0.15, 0.2) is 36.4 Å². The number of halogens is 2.